The van der Waals surface area contributed by atoms with Crippen LogP contribution in [0.2, 0.25) is 0 Å². The lowest BCUT2D eigenvalue weighted by Crippen LogP contribution is -2.39. The largest absolute Gasteiger partial charge is 0.375 e. The van der Waals surface area contributed by atoms with Crippen LogP contribution in [0.15, 0.2) is 47.3 Å². The number of hydrogen-bond donors (Lipinski definition) is 2. The van der Waals surface area contributed by atoms with E-state index in [1.807, 2.05) is 5.59 Å². The van der Waals surface area contributed by atoms with E-state index in [0.29, 0.717) is 0 Å². The number of hydrogen-bond acceptors (Lipinski definition) is 5. The van der Waals surface area contributed by atoms with Crippen LogP contribution in [0.1, 0.15) is 20.8 Å². The predicted molar refractivity (Wildman–Crippen MR) is 74.1 cm³/mol. The third kappa shape index (κ3) is 3.55. The van der Waals surface area contributed by atoms with Gasteiger partial charge in [0.1, 0.15) is 11.5 Å². The number of hydrazine groups is 1. The summed E-state index contributed by atoms with van der Waals surface area (Å²) in [5.41, 5.74) is 3.91. The topological polar surface area (TPSA) is 89.4 Å². The average molecular weight is 305 g/mol. The monoisotopic (exact) mass is 305 g/mol. The highest BCUT2D eigenvalue weighted by Crippen LogP contribution is 2.02. The van der Waals surface area contributed by atoms with Gasteiger partial charge in [-0.05, 0) is 30.3 Å². The summed E-state index contributed by atoms with van der Waals surface area (Å²) in [6, 6.07) is 8.90. The standard InChI is InChI=1S/C14H12FN3O4/c1-18-11(3-2-4-12(18)19)14(21)22-17-16-13(20)9-5-7-10(15)8-6-9/h2-8,17H,1H3,(H,16,20). The fourth-order valence-electron chi connectivity index (χ4n) is 1.61. The molecule has 2 aromatic rings. The maximum atomic E-state index is 12.7. The van der Waals surface area contributed by atoms with E-state index in [9.17, 15) is 18.8 Å². The number of pyridine rings is 1. The van der Waals surface area contributed by atoms with E-state index in [1.54, 1.807) is 0 Å². The van der Waals surface area contributed by atoms with E-state index in [4.69, 9.17) is 0 Å². The summed E-state index contributed by atoms with van der Waals surface area (Å²) < 4.78 is 13.8. The molecule has 1 aromatic heterocycles. The zero-order valence-electron chi connectivity index (χ0n) is 11.5. The Labute approximate surface area is 124 Å². The number of halogens is 1. The molecule has 0 unspecified atom stereocenters. The average Bonchev–Trinajstić information content (AvgIpc) is 2.50. The number of nitrogens with one attached hydrogen (secondary N) is 2. The molecule has 0 radical (unpaired) electrons. The molecule has 0 spiro atoms. The van der Waals surface area contributed by atoms with Gasteiger partial charge in [-0.3, -0.25) is 15.0 Å². The van der Waals surface area contributed by atoms with Crippen LogP contribution in [0.25, 0.3) is 0 Å². The molecule has 0 aliphatic carbocycles. The van der Waals surface area contributed by atoms with Gasteiger partial charge in [0.25, 0.3) is 11.5 Å². The molecule has 1 amide bonds. The molecule has 0 atom stereocenters. The molecule has 114 valence electrons. The number of benzene rings is 1. The number of carbonyl (C=O) groups is 2. The summed E-state index contributed by atoms with van der Waals surface area (Å²) in [7, 11) is 1.41. The molecular formula is C14H12FN3O4. The van der Waals surface area contributed by atoms with Crippen LogP contribution in [-0.4, -0.2) is 16.4 Å². The zero-order valence-corrected chi connectivity index (χ0v) is 11.5. The quantitative estimate of drug-likeness (QED) is 0.804. The molecule has 7 nitrogen and oxygen atoms in total. The highest BCUT2D eigenvalue weighted by Gasteiger charge is 2.12. The smallest absolute Gasteiger partial charge is 0.345 e. The summed E-state index contributed by atoms with van der Waals surface area (Å²) in [6.45, 7) is 0. The van der Waals surface area contributed by atoms with E-state index in [2.05, 4.69) is 10.3 Å². The molecular weight excluding hydrogens is 293 g/mol. The van der Waals surface area contributed by atoms with E-state index in [1.165, 1.54) is 37.4 Å². The second-order valence-corrected chi connectivity index (χ2v) is 4.26. The fourth-order valence-corrected chi connectivity index (χ4v) is 1.61. The summed E-state index contributed by atoms with van der Waals surface area (Å²) in [4.78, 5) is 39.4. The van der Waals surface area contributed by atoms with Crippen molar-refractivity contribution in [3.8, 4) is 0 Å². The van der Waals surface area contributed by atoms with Gasteiger partial charge in [0, 0.05) is 18.7 Å². The van der Waals surface area contributed by atoms with Crippen molar-refractivity contribution in [1.29, 1.82) is 0 Å². The van der Waals surface area contributed by atoms with Crippen molar-refractivity contribution in [3.05, 3.63) is 69.9 Å². The highest BCUT2D eigenvalue weighted by atomic mass is 19.1. The van der Waals surface area contributed by atoms with Crippen LogP contribution in [0.3, 0.4) is 0 Å². The second-order valence-electron chi connectivity index (χ2n) is 4.26. The SMILES string of the molecule is Cn1c(C(=O)ONNC(=O)c2ccc(F)cc2)cccc1=O. The van der Waals surface area contributed by atoms with Crippen molar-refractivity contribution in [2.75, 3.05) is 0 Å². The van der Waals surface area contributed by atoms with Crippen molar-refractivity contribution in [2.45, 2.75) is 0 Å². The maximum Gasteiger partial charge on any atom is 0.375 e. The lowest BCUT2D eigenvalue weighted by atomic mass is 10.2. The van der Waals surface area contributed by atoms with Gasteiger partial charge in [0.05, 0.1) is 0 Å². The lowest BCUT2D eigenvalue weighted by molar-refractivity contribution is 0.0126. The maximum absolute atomic E-state index is 12.7. The Morgan fingerprint density at radius 3 is 2.50 bits per heavy atom. The number of aromatic nitrogens is 1. The van der Waals surface area contributed by atoms with E-state index < -0.39 is 17.7 Å². The van der Waals surface area contributed by atoms with E-state index >= 15 is 0 Å². The third-order valence-electron chi connectivity index (χ3n) is 2.81. The number of amides is 1. The normalized spacial score (nSPS) is 10.1. The molecule has 1 aromatic carbocycles. The lowest BCUT2D eigenvalue weighted by Gasteiger charge is -2.09. The minimum atomic E-state index is -0.848. The molecule has 0 saturated carbocycles. The Hall–Kier alpha value is -3.00. The molecule has 1 heterocycles. The fraction of sp³-hybridized carbons (Fsp3) is 0.0714. The Balaban J connectivity index is 1.92. The molecule has 0 saturated heterocycles. The Morgan fingerprint density at radius 1 is 1.14 bits per heavy atom. The third-order valence-corrected chi connectivity index (χ3v) is 2.81. The second kappa shape index (κ2) is 6.64. The summed E-state index contributed by atoms with van der Waals surface area (Å²) >= 11 is 0. The first kappa shape index (κ1) is 15.4. The van der Waals surface area contributed by atoms with Gasteiger partial charge in [0.15, 0.2) is 0 Å². The van der Waals surface area contributed by atoms with Gasteiger partial charge in [-0.25, -0.2) is 9.18 Å². The molecule has 2 N–H and O–H groups in total. The van der Waals surface area contributed by atoms with Crippen LogP contribution in [0.4, 0.5) is 4.39 Å². The van der Waals surface area contributed by atoms with Crippen molar-refractivity contribution in [2.24, 2.45) is 7.05 Å². The van der Waals surface area contributed by atoms with Crippen LogP contribution in [0.5, 0.6) is 0 Å². The van der Waals surface area contributed by atoms with Crippen LogP contribution >= 0.6 is 0 Å². The number of nitrogens with zero attached hydrogens (tertiary/aromatic N) is 1. The first-order valence-corrected chi connectivity index (χ1v) is 6.17. The molecule has 0 bridgehead atoms. The zero-order chi connectivity index (χ0) is 16.1. The molecule has 2 rings (SSSR count). The van der Waals surface area contributed by atoms with Gasteiger partial charge >= 0.3 is 5.97 Å². The van der Waals surface area contributed by atoms with Gasteiger partial charge in [-0.1, -0.05) is 11.7 Å². The molecule has 0 aliphatic heterocycles. The van der Waals surface area contributed by atoms with Gasteiger partial charge in [-0.15, -0.1) is 0 Å². The first-order chi connectivity index (χ1) is 10.5. The summed E-state index contributed by atoms with van der Waals surface area (Å²) in [5.74, 6) is -1.93. The van der Waals surface area contributed by atoms with Crippen molar-refractivity contribution >= 4 is 11.9 Å². The molecule has 0 fully saturated rings. The molecule has 8 heteroatoms. The highest BCUT2D eigenvalue weighted by molar-refractivity contribution is 5.94. The summed E-state index contributed by atoms with van der Waals surface area (Å²) in [6.07, 6.45) is 0. The number of carbonyl (C=O) groups excluding carboxylic acids is 2. The number of rotatable bonds is 4. The van der Waals surface area contributed by atoms with E-state index in [0.717, 1.165) is 16.7 Å². The first-order valence-electron chi connectivity index (χ1n) is 6.17. The Bertz CT molecular complexity index is 755. The Morgan fingerprint density at radius 2 is 1.82 bits per heavy atom. The van der Waals surface area contributed by atoms with Crippen molar-refractivity contribution in [1.82, 2.24) is 15.6 Å². The minimum Gasteiger partial charge on any atom is -0.345 e. The summed E-state index contributed by atoms with van der Waals surface area (Å²) in [5, 5.41) is 0. The van der Waals surface area contributed by atoms with Gasteiger partial charge < -0.3 is 9.40 Å². The molecule has 22 heavy (non-hydrogen) atoms. The predicted octanol–water partition coefficient (Wildman–Crippen LogP) is 0.531. The van der Waals surface area contributed by atoms with E-state index in [-0.39, 0.29) is 16.8 Å². The van der Waals surface area contributed by atoms with Crippen molar-refractivity contribution in [3.63, 3.8) is 0 Å². The van der Waals surface area contributed by atoms with Crippen LogP contribution in [0, 0.1) is 5.82 Å². The minimum absolute atomic E-state index is 0.0102. The van der Waals surface area contributed by atoms with Gasteiger partial charge in [-0.2, -0.15) is 0 Å². The van der Waals surface area contributed by atoms with Crippen molar-refractivity contribution < 1.29 is 18.8 Å². The molecule has 0 aliphatic rings. The Kier molecular flexibility index (Phi) is 4.64. The van der Waals surface area contributed by atoms with Crippen LogP contribution in [-0.2, 0) is 11.9 Å². The van der Waals surface area contributed by atoms with Crippen LogP contribution < -0.4 is 16.6 Å². The van der Waals surface area contributed by atoms with Gasteiger partial charge in [0.2, 0.25) is 0 Å².